The van der Waals surface area contributed by atoms with Crippen LogP contribution >= 0.6 is 11.6 Å². The zero-order valence-corrected chi connectivity index (χ0v) is 14.8. The monoisotopic (exact) mass is 369 g/mol. The Kier molecular flexibility index (Phi) is 4.18. The van der Waals surface area contributed by atoms with Gasteiger partial charge in [-0.3, -0.25) is 4.79 Å². The molecule has 1 N–H and O–H groups in total. The molecule has 0 aliphatic carbocycles. The molecule has 1 atom stereocenters. The van der Waals surface area contributed by atoms with Gasteiger partial charge in [-0.2, -0.15) is 5.26 Å². The number of halogens is 2. The van der Waals surface area contributed by atoms with Crippen molar-refractivity contribution in [1.82, 2.24) is 5.32 Å². The van der Waals surface area contributed by atoms with E-state index in [1.165, 1.54) is 12.1 Å². The lowest BCUT2D eigenvalue weighted by Crippen LogP contribution is -2.66. The van der Waals surface area contributed by atoms with Crippen molar-refractivity contribution < 1.29 is 9.18 Å². The lowest BCUT2D eigenvalue weighted by Gasteiger charge is -2.58. The summed E-state index contributed by atoms with van der Waals surface area (Å²) in [6, 6.07) is 13.7. The largest absolute Gasteiger partial charge is 0.317 e. The van der Waals surface area contributed by atoms with Crippen molar-refractivity contribution in [3.05, 3.63) is 64.4 Å². The number of hydrogen-bond acceptors (Lipinski definition) is 3. The molecule has 2 aliphatic rings. The molecule has 2 heterocycles. The van der Waals surface area contributed by atoms with Crippen LogP contribution in [0.25, 0.3) is 0 Å². The zero-order chi connectivity index (χ0) is 18.3. The van der Waals surface area contributed by atoms with E-state index >= 15 is 0 Å². The highest BCUT2D eigenvalue weighted by molar-refractivity contribution is 6.31. The normalized spacial score (nSPS) is 21.3. The Hall–Kier alpha value is -2.42. The molecule has 2 aromatic rings. The van der Waals surface area contributed by atoms with Crippen LogP contribution in [0.4, 0.5) is 10.1 Å². The fourth-order valence-corrected chi connectivity index (χ4v) is 4.30. The van der Waals surface area contributed by atoms with Crippen LogP contribution in [0, 0.1) is 22.6 Å². The van der Waals surface area contributed by atoms with Gasteiger partial charge in [-0.1, -0.05) is 23.7 Å². The summed E-state index contributed by atoms with van der Waals surface area (Å²) < 4.78 is 13.6. The minimum atomic E-state index is -0.505. The van der Waals surface area contributed by atoms with Gasteiger partial charge in [0.1, 0.15) is 5.82 Å². The van der Waals surface area contributed by atoms with E-state index in [2.05, 4.69) is 11.4 Å². The second kappa shape index (κ2) is 6.39. The van der Waals surface area contributed by atoms with E-state index in [1.54, 1.807) is 23.1 Å². The van der Waals surface area contributed by atoms with Crippen molar-refractivity contribution in [1.29, 1.82) is 5.26 Å². The second-order valence-corrected chi connectivity index (χ2v) is 7.22. The van der Waals surface area contributed by atoms with Gasteiger partial charge >= 0.3 is 0 Å². The maximum absolute atomic E-state index is 13.6. The third-order valence-electron chi connectivity index (χ3n) is 5.46. The topological polar surface area (TPSA) is 56.1 Å². The quantitative estimate of drug-likeness (QED) is 0.819. The molecule has 2 saturated heterocycles. The molecule has 2 fully saturated rings. The first-order chi connectivity index (χ1) is 12.6. The van der Waals surface area contributed by atoms with Crippen LogP contribution in [-0.2, 0) is 4.79 Å². The summed E-state index contributed by atoms with van der Waals surface area (Å²) in [4.78, 5) is 14.9. The van der Waals surface area contributed by atoms with E-state index in [9.17, 15) is 9.18 Å². The van der Waals surface area contributed by atoms with Gasteiger partial charge in [0.2, 0.25) is 5.91 Å². The van der Waals surface area contributed by atoms with Gasteiger partial charge in [0.15, 0.2) is 0 Å². The number of nitriles is 1. The number of piperidine rings is 1. The summed E-state index contributed by atoms with van der Waals surface area (Å²) in [6.07, 6.45) is 1.50. The van der Waals surface area contributed by atoms with Gasteiger partial charge in [0.05, 0.1) is 28.1 Å². The molecular formula is C20H17ClFN3O. The van der Waals surface area contributed by atoms with E-state index < -0.39 is 11.2 Å². The van der Waals surface area contributed by atoms with Gasteiger partial charge in [-0.15, -0.1) is 0 Å². The van der Waals surface area contributed by atoms with Crippen LogP contribution in [0.2, 0.25) is 5.02 Å². The molecule has 4 rings (SSSR count). The number of hydrogen-bond donors (Lipinski definition) is 1. The molecule has 2 aromatic carbocycles. The Bertz CT molecular complexity index is 900. The molecule has 0 aromatic heterocycles. The molecule has 2 aliphatic heterocycles. The maximum Gasteiger partial charge on any atom is 0.236 e. The van der Waals surface area contributed by atoms with Crippen LogP contribution in [0.1, 0.15) is 30.0 Å². The molecular weight excluding hydrogens is 353 g/mol. The molecule has 0 radical (unpaired) electrons. The first kappa shape index (κ1) is 17.0. The molecule has 1 amide bonds. The molecule has 132 valence electrons. The number of nitrogens with one attached hydrogen (secondary N) is 1. The van der Waals surface area contributed by atoms with Crippen molar-refractivity contribution in [3.63, 3.8) is 0 Å². The smallest absolute Gasteiger partial charge is 0.236 e. The molecule has 26 heavy (non-hydrogen) atoms. The Labute approximate surface area is 156 Å². The van der Waals surface area contributed by atoms with Crippen molar-refractivity contribution in [2.45, 2.75) is 18.9 Å². The molecule has 1 spiro atoms. The highest BCUT2D eigenvalue weighted by Crippen LogP contribution is 2.56. The van der Waals surface area contributed by atoms with Gasteiger partial charge in [-0.05, 0) is 61.8 Å². The lowest BCUT2D eigenvalue weighted by molar-refractivity contribution is -0.142. The third-order valence-corrected chi connectivity index (χ3v) is 5.75. The number of amides is 1. The predicted octanol–water partition coefficient (Wildman–Crippen LogP) is 3.81. The molecule has 0 bridgehead atoms. The standard InChI is InChI=1S/C20H17ClFN3O/c21-16-11-15(5-6-17(16)22)25-18(14-3-1-13(12-23)2-4-14)20(19(25)26)7-9-24-10-8-20/h1-6,11,18,24H,7-10H2. The van der Waals surface area contributed by atoms with Crippen molar-refractivity contribution >= 4 is 23.2 Å². The SMILES string of the molecule is N#Cc1ccc(C2N(c3ccc(F)c(Cl)c3)C(=O)C23CCNCC3)cc1. The Morgan fingerprint density at radius 2 is 1.88 bits per heavy atom. The summed E-state index contributed by atoms with van der Waals surface area (Å²) in [5, 5.41) is 12.3. The maximum atomic E-state index is 13.6. The summed E-state index contributed by atoms with van der Waals surface area (Å²) in [5.74, 6) is -0.453. The van der Waals surface area contributed by atoms with Crippen LogP contribution < -0.4 is 10.2 Å². The van der Waals surface area contributed by atoms with E-state index in [1.807, 2.05) is 12.1 Å². The van der Waals surface area contributed by atoms with Crippen LogP contribution in [-0.4, -0.2) is 19.0 Å². The first-order valence-corrected chi connectivity index (χ1v) is 8.94. The lowest BCUT2D eigenvalue weighted by atomic mass is 9.62. The number of nitrogens with zero attached hydrogens (tertiary/aromatic N) is 2. The minimum Gasteiger partial charge on any atom is -0.317 e. The summed E-state index contributed by atoms with van der Waals surface area (Å²) >= 11 is 5.94. The van der Waals surface area contributed by atoms with Gasteiger partial charge in [0.25, 0.3) is 0 Å². The summed E-state index contributed by atoms with van der Waals surface area (Å²) in [5.41, 5.74) is 1.70. The zero-order valence-electron chi connectivity index (χ0n) is 14.0. The molecule has 4 nitrogen and oxygen atoms in total. The number of carbonyl (C=O) groups excluding carboxylic acids is 1. The highest BCUT2D eigenvalue weighted by atomic mass is 35.5. The molecule has 0 saturated carbocycles. The minimum absolute atomic E-state index is 0.000129. The summed E-state index contributed by atoms with van der Waals surface area (Å²) in [6.45, 7) is 1.58. The van der Waals surface area contributed by atoms with E-state index in [0.717, 1.165) is 31.5 Å². The number of rotatable bonds is 2. The van der Waals surface area contributed by atoms with E-state index in [0.29, 0.717) is 11.3 Å². The van der Waals surface area contributed by atoms with E-state index in [-0.39, 0.29) is 17.0 Å². The van der Waals surface area contributed by atoms with Crippen LogP contribution in [0.5, 0.6) is 0 Å². The highest BCUT2D eigenvalue weighted by Gasteiger charge is 2.61. The first-order valence-electron chi connectivity index (χ1n) is 8.56. The average molecular weight is 370 g/mol. The number of carbonyl (C=O) groups is 1. The van der Waals surface area contributed by atoms with Gasteiger partial charge < -0.3 is 10.2 Å². The van der Waals surface area contributed by atoms with Crippen LogP contribution in [0.3, 0.4) is 0 Å². The Morgan fingerprint density at radius 1 is 1.19 bits per heavy atom. The number of benzene rings is 2. The van der Waals surface area contributed by atoms with Gasteiger partial charge in [-0.25, -0.2) is 4.39 Å². The molecule has 6 heteroatoms. The number of anilines is 1. The van der Waals surface area contributed by atoms with E-state index in [4.69, 9.17) is 16.9 Å². The fraction of sp³-hybridized carbons (Fsp3) is 0.300. The van der Waals surface area contributed by atoms with Crippen LogP contribution in [0.15, 0.2) is 42.5 Å². The van der Waals surface area contributed by atoms with Crippen molar-refractivity contribution in [3.8, 4) is 6.07 Å². The van der Waals surface area contributed by atoms with Gasteiger partial charge in [0, 0.05) is 5.69 Å². The second-order valence-electron chi connectivity index (χ2n) is 6.82. The van der Waals surface area contributed by atoms with Crippen molar-refractivity contribution in [2.24, 2.45) is 5.41 Å². The van der Waals surface area contributed by atoms with Crippen molar-refractivity contribution in [2.75, 3.05) is 18.0 Å². The molecule has 1 unspecified atom stereocenters. The predicted molar refractivity (Wildman–Crippen MR) is 97.3 cm³/mol. The summed E-state index contributed by atoms with van der Waals surface area (Å²) in [7, 11) is 0. The Balaban J connectivity index is 1.78. The number of β-lactam (4-membered cyclic amide) rings is 1. The third kappa shape index (κ3) is 2.49. The fourth-order valence-electron chi connectivity index (χ4n) is 4.12. The Morgan fingerprint density at radius 3 is 2.50 bits per heavy atom. The average Bonchev–Trinajstić information content (AvgIpc) is 2.68.